The Bertz CT molecular complexity index is 955. The summed E-state index contributed by atoms with van der Waals surface area (Å²) >= 11 is 12.4. The number of halogens is 3. The van der Waals surface area contributed by atoms with Crippen LogP contribution >= 0.6 is 23.2 Å². The second-order valence-electron chi connectivity index (χ2n) is 5.57. The molecule has 0 amide bonds. The molecule has 0 bridgehead atoms. The first-order valence-corrected chi connectivity index (χ1v) is 8.14. The zero-order valence-corrected chi connectivity index (χ0v) is 14.4. The van der Waals surface area contributed by atoms with E-state index in [1.54, 1.807) is 24.4 Å². The van der Waals surface area contributed by atoms with Gasteiger partial charge < -0.3 is 10.8 Å². The molecular formula is C18H13Cl2FN2O2. The number of carbonyl (C=O) groups is 1. The average Bonchev–Trinajstić information content (AvgIpc) is 2.55. The van der Waals surface area contributed by atoms with Gasteiger partial charge in [0.25, 0.3) is 0 Å². The van der Waals surface area contributed by atoms with E-state index >= 15 is 0 Å². The van der Waals surface area contributed by atoms with Crippen LogP contribution in [-0.4, -0.2) is 22.1 Å². The first-order chi connectivity index (χ1) is 11.9. The Morgan fingerprint density at radius 3 is 2.56 bits per heavy atom. The van der Waals surface area contributed by atoms with Crippen molar-refractivity contribution < 1.29 is 14.3 Å². The standard InChI is InChI=1S/C18H13Cl2FN2O2/c19-13-7-10(21)8-14(20)16(13)12-4-3-9(6-15(22)18(24)25)11-2-1-5-23-17(11)12/h1-5,7-8,15H,6,22H2,(H,24,25). The predicted octanol–water partition coefficient (Wildman–Crippen LogP) is 4.30. The molecule has 0 saturated heterocycles. The molecule has 0 aliphatic carbocycles. The number of nitrogens with two attached hydrogens (primary N) is 1. The van der Waals surface area contributed by atoms with Crippen LogP contribution in [0.1, 0.15) is 5.56 Å². The van der Waals surface area contributed by atoms with Gasteiger partial charge in [0.05, 0.1) is 15.6 Å². The molecule has 128 valence electrons. The van der Waals surface area contributed by atoms with Crippen molar-refractivity contribution in [1.82, 2.24) is 4.98 Å². The lowest BCUT2D eigenvalue weighted by molar-refractivity contribution is -0.138. The lowest BCUT2D eigenvalue weighted by Gasteiger charge is -2.14. The average molecular weight is 379 g/mol. The Balaban J connectivity index is 2.22. The topological polar surface area (TPSA) is 76.2 Å². The van der Waals surface area contributed by atoms with Gasteiger partial charge in [-0.1, -0.05) is 41.4 Å². The molecule has 1 unspecified atom stereocenters. The maximum Gasteiger partial charge on any atom is 0.320 e. The Kier molecular flexibility index (Phi) is 4.90. The van der Waals surface area contributed by atoms with Crippen molar-refractivity contribution in [3.63, 3.8) is 0 Å². The minimum Gasteiger partial charge on any atom is -0.480 e. The summed E-state index contributed by atoms with van der Waals surface area (Å²) in [6.45, 7) is 0. The lowest BCUT2D eigenvalue weighted by atomic mass is 9.95. The number of hydrogen-bond acceptors (Lipinski definition) is 3. The number of fused-ring (bicyclic) bond motifs is 1. The fourth-order valence-corrected chi connectivity index (χ4v) is 3.40. The van der Waals surface area contributed by atoms with Gasteiger partial charge in [0.1, 0.15) is 11.9 Å². The molecule has 0 aliphatic heterocycles. The van der Waals surface area contributed by atoms with Gasteiger partial charge >= 0.3 is 5.97 Å². The van der Waals surface area contributed by atoms with E-state index in [-0.39, 0.29) is 16.5 Å². The van der Waals surface area contributed by atoms with Gasteiger partial charge in [-0.2, -0.15) is 0 Å². The molecule has 7 heteroatoms. The molecule has 0 aliphatic rings. The smallest absolute Gasteiger partial charge is 0.320 e. The lowest BCUT2D eigenvalue weighted by Crippen LogP contribution is -2.32. The van der Waals surface area contributed by atoms with Gasteiger partial charge in [-0.25, -0.2) is 4.39 Å². The zero-order chi connectivity index (χ0) is 18.1. The van der Waals surface area contributed by atoms with E-state index in [1.807, 2.05) is 6.07 Å². The monoisotopic (exact) mass is 378 g/mol. The number of aromatic nitrogens is 1. The molecule has 0 saturated carbocycles. The van der Waals surface area contributed by atoms with Gasteiger partial charge in [0.2, 0.25) is 0 Å². The van der Waals surface area contributed by atoms with Crippen LogP contribution in [0.2, 0.25) is 10.0 Å². The fourth-order valence-electron chi connectivity index (χ4n) is 2.74. The highest BCUT2D eigenvalue weighted by Gasteiger charge is 2.18. The van der Waals surface area contributed by atoms with Crippen molar-refractivity contribution in [2.45, 2.75) is 12.5 Å². The third kappa shape index (κ3) is 3.44. The molecule has 3 aromatic rings. The molecule has 3 rings (SSSR count). The molecule has 0 spiro atoms. The number of carboxylic acids is 1. The van der Waals surface area contributed by atoms with E-state index in [1.165, 1.54) is 12.1 Å². The van der Waals surface area contributed by atoms with E-state index in [4.69, 9.17) is 34.0 Å². The Morgan fingerprint density at radius 2 is 1.92 bits per heavy atom. The minimum absolute atomic E-state index is 0.155. The van der Waals surface area contributed by atoms with E-state index in [9.17, 15) is 9.18 Å². The molecule has 25 heavy (non-hydrogen) atoms. The van der Waals surface area contributed by atoms with Gasteiger partial charge in [0, 0.05) is 22.7 Å². The number of carboxylic acid groups (broad SMARTS) is 1. The second kappa shape index (κ2) is 6.96. The summed E-state index contributed by atoms with van der Waals surface area (Å²) in [4.78, 5) is 15.4. The Hall–Kier alpha value is -2.21. The van der Waals surface area contributed by atoms with Crippen molar-refractivity contribution in [2.75, 3.05) is 0 Å². The van der Waals surface area contributed by atoms with Crippen molar-refractivity contribution >= 4 is 40.1 Å². The first-order valence-electron chi connectivity index (χ1n) is 7.38. The number of rotatable bonds is 4. The third-order valence-electron chi connectivity index (χ3n) is 3.89. The molecule has 1 atom stereocenters. The molecule has 0 radical (unpaired) electrons. The van der Waals surface area contributed by atoms with E-state index in [0.29, 0.717) is 16.6 Å². The van der Waals surface area contributed by atoms with Crippen LogP contribution in [0.25, 0.3) is 22.0 Å². The zero-order valence-electron chi connectivity index (χ0n) is 12.8. The number of benzene rings is 2. The normalized spacial score (nSPS) is 12.3. The van der Waals surface area contributed by atoms with Crippen molar-refractivity contribution in [2.24, 2.45) is 5.73 Å². The third-order valence-corrected chi connectivity index (χ3v) is 4.49. The number of pyridine rings is 1. The number of hydrogen-bond donors (Lipinski definition) is 2. The number of aliphatic carboxylic acids is 1. The number of nitrogens with zero attached hydrogens (tertiary/aromatic N) is 1. The largest absolute Gasteiger partial charge is 0.480 e. The molecule has 3 N–H and O–H groups in total. The summed E-state index contributed by atoms with van der Waals surface area (Å²) in [5.41, 5.74) is 8.10. The summed E-state index contributed by atoms with van der Waals surface area (Å²) in [6.07, 6.45) is 1.76. The molecule has 0 fully saturated rings. The summed E-state index contributed by atoms with van der Waals surface area (Å²) in [5, 5.41) is 10.1. The van der Waals surface area contributed by atoms with Crippen LogP contribution < -0.4 is 5.73 Å². The van der Waals surface area contributed by atoms with E-state index in [0.717, 1.165) is 10.9 Å². The molecule has 4 nitrogen and oxygen atoms in total. The van der Waals surface area contributed by atoms with Crippen LogP contribution in [0.5, 0.6) is 0 Å². The van der Waals surface area contributed by atoms with Gasteiger partial charge in [-0.3, -0.25) is 9.78 Å². The SMILES string of the molecule is NC(Cc1ccc(-c2c(Cl)cc(F)cc2Cl)c2ncccc12)C(=O)O. The van der Waals surface area contributed by atoms with Crippen molar-refractivity contribution in [1.29, 1.82) is 0 Å². The molecule has 1 aromatic heterocycles. The molecule has 2 aromatic carbocycles. The van der Waals surface area contributed by atoms with Crippen molar-refractivity contribution in [3.8, 4) is 11.1 Å². The summed E-state index contributed by atoms with van der Waals surface area (Å²) < 4.78 is 13.5. The highest BCUT2D eigenvalue weighted by Crippen LogP contribution is 2.39. The molecular weight excluding hydrogens is 366 g/mol. The van der Waals surface area contributed by atoms with Crippen LogP contribution in [-0.2, 0) is 11.2 Å². The summed E-state index contributed by atoms with van der Waals surface area (Å²) in [6, 6.07) is 8.42. The highest BCUT2D eigenvalue weighted by molar-refractivity contribution is 6.39. The van der Waals surface area contributed by atoms with Crippen LogP contribution in [0.4, 0.5) is 4.39 Å². The second-order valence-corrected chi connectivity index (χ2v) is 6.38. The summed E-state index contributed by atoms with van der Waals surface area (Å²) in [7, 11) is 0. The van der Waals surface area contributed by atoms with E-state index in [2.05, 4.69) is 4.98 Å². The van der Waals surface area contributed by atoms with Crippen LogP contribution in [0.15, 0.2) is 42.6 Å². The van der Waals surface area contributed by atoms with Crippen LogP contribution in [0.3, 0.4) is 0 Å². The van der Waals surface area contributed by atoms with Gasteiger partial charge in [-0.15, -0.1) is 0 Å². The van der Waals surface area contributed by atoms with E-state index < -0.39 is 17.8 Å². The highest BCUT2D eigenvalue weighted by atomic mass is 35.5. The quantitative estimate of drug-likeness (QED) is 0.709. The van der Waals surface area contributed by atoms with Gasteiger partial charge in [0.15, 0.2) is 0 Å². The molecule has 1 heterocycles. The van der Waals surface area contributed by atoms with Crippen molar-refractivity contribution in [3.05, 3.63) is 64.0 Å². The van der Waals surface area contributed by atoms with Crippen LogP contribution in [0, 0.1) is 5.82 Å². The maximum atomic E-state index is 13.5. The Labute approximate surface area is 153 Å². The Morgan fingerprint density at radius 1 is 1.24 bits per heavy atom. The fraction of sp³-hybridized carbons (Fsp3) is 0.111. The minimum atomic E-state index is -1.08. The maximum absolute atomic E-state index is 13.5. The summed E-state index contributed by atoms with van der Waals surface area (Å²) in [5.74, 6) is -1.61. The van der Waals surface area contributed by atoms with Gasteiger partial charge in [-0.05, 0) is 30.2 Å². The first kappa shape index (κ1) is 17.6. The predicted molar refractivity (Wildman–Crippen MR) is 96.5 cm³/mol.